The number of rotatable bonds is 5. The summed E-state index contributed by atoms with van der Waals surface area (Å²) >= 11 is 0. The van der Waals surface area contributed by atoms with Crippen LogP contribution < -0.4 is 10.1 Å². The highest BCUT2D eigenvalue weighted by atomic mass is 16.5. The Hall–Kier alpha value is -2.30. The molecule has 1 aromatic carbocycles. The third kappa shape index (κ3) is 3.38. The number of nitrogens with zero attached hydrogens (tertiary/aromatic N) is 2. The number of hydrogen-bond donors (Lipinski definition) is 1. The molecule has 1 N–H and O–H groups in total. The van der Waals surface area contributed by atoms with Crippen molar-refractivity contribution in [3.05, 3.63) is 35.9 Å². The quantitative estimate of drug-likeness (QED) is 0.922. The minimum atomic E-state index is -0.0377. The van der Waals surface area contributed by atoms with Crippen LogP contribution in [-0.4, -0.2) is 36.1 Å². The highest BCUT2D eigenvalue weighted by Crippen LogP contribution is 2.34. The summed E-state index contributed by atoms with van der Waals surface area (Å²) in [6.07, 6.45) is 2.45. The third-order valence-electron chi connectivity index (χ3n) is 4.65. The zero-order valence-corrected chi connectivity index (χ0v) is 13.9. The highest BCUT2D eigenvalue weighted by molar-refractivity contribution is 5.83. The van der Waals surface area contributed by atoms with E-state index in [1.165, 1.54) is 12.8 Å². The first-order chi connectivity index (χ1) is 11.1. The molecular weight excluding hydrogens is 290 g/mol. The number of para-hydroxylation sites is 1. The van der Waals surface area contributed by atoms with Gasteiger partial charge >= 0.3 is 6.03 Å². The molecule has 0 radical (unpaired) electrons. The summed E-state index contributed by atoms with van der Waals surface area (Å²) in [5, 5.41) is 4.04. The maximum atomic E-state index is 12.3. The Morgan fingerprint density at radius 3 is 2.87 bits per heavy atom. The fourth-order valence-corrected chi connectivity index (χ4v) is 2.85. The average molecular weight is 313 g/mol. The van der Waals surface area contributed by atoms with Crippen molar-refractivity contribution in [1.82, 2.24) is 15.2 Å². The lowest BCUT2D eigenvalue weighted by atomic mass is 10.1. The number of methoxy groups -OCH3 is 1. The second-order valence-electron chi connectivity index (χ2n) is 6.19. The van der Waals surface area contributed by atoms with Gasteiger partial charge in [-0.1, -0.05) is 18.2 Å². The molecule has 1 aliphatic carbocycles. The van der Waals surface area contributed by atoms with Crippen LogP contribution in [-0.2, 0) is 6.54 Å². The van der Waals surface area contributed by atoms with Gasteiger partial charge in [-0.25, -0.2) is 9.78 Å². The lowest BCUT2D eigenvalue weighted by Gasteiger charge is -2.25. The van der Waals surface area contributed by atoms with Crippen molar-refractivity contribution in [2.75, 3.05) is 14.2 Å². The number of urea groups is 1. The number of fused-ring (bicyclic) bond motifs is 1. The molecule has 0 bridgehead atoms. The monoisotopic (exact) mass is 313 g/mol. The predicted octanol–water partition coefficient (Wildman–Crippen LogP) is 3.18. The second-order valence-corrected chi connectivity index (χ2v) is 6.19. The molecule has 1 aromatic heterocycles. The van der Waals surface area contributed by atoms with Gasteiger partial charge in [0.2, 0.25) is 5.88 Å². The van der Waals surface area contributed by atoms with E-state index in [1.807, 2.05) is 37.4 Å². The van der Waals surface area contributed by atoms with Gasteiger partial charge in [-0.15, -0.1) is 0 Å². The second kappa shape index (κ2) is 6.44. The van der Waals surface area contributed by atoms with E-state index in [9.17, 15) is 4.79 Å². The number of aromatic nitrogens is 1. The normalized spacial score (nSPS) is 15.3. The molecule has 122 valence electrons. The lowest BCUT2D eigenvalue weighted by Crippen LogP contribution is -2.43. The Morgan fingerprint density at radius 1 is 1.43 bits per heavy atom. The number of ether oxygens (including phenoxy) is 1. The summed E-state index contributed by atoms with van der Waals surface area (Å²) in [5.41, 5.74) is 1.88. The number of carbonyl (C=O) groups excluding carboxylic acids is 1. The van der Waals surface area contributed by atoms with Crippen molar-refractivity contribution in [1.29, 1.82) is 0 Å². The molecule has 3 rings (SSSR count). The van der Waals surface area contributed by atoms with Gasteiger partial charge < -0.3 is 15.0 Å². The van der Waals surface area contributed by atoms with Gasteiger partial charge in [0.15, 0.2) is 0 Å². The maximum Gasteiger partial charge on any atom is 0.317 e. The van der Waals surface area contributed by atoms with Crippen molar-refractivity contribution >= 4 is 16.9 Å². The molecule has 1 atom stereocenters. The molecule has 5 heteroatoms. The smallest absolute Gasteiger partial charge is 0.317 e. The highest BCUT2D eigenvalue weighted by Gasteiger charge is 2.32. The van der Waals surface area contributed by atoms with E-state index in [0.29, 0.717) is 24.4 Å². The summed E-state index contributed by atoms with van der Waals surface area (Å²) in [4.78, 5) is 18.6. The number of carbonyl (C=O) groups is 1. The van der Waals surface area contributed by atoms with E-state index < -0.39 is 0 Å². The first-order valence-corrected chi connectivity index (χ1v) is 8.03. The molecule has 1 saturated carbocycles. The molecule has 1 heterocycles. The SMILES string of the molecule is COc1cc(CNC(=O)N(C)[C@@H](C)C2CC2)c2ccccc2n1. The summed E-state index contributed by atoms with van der Waals surface area (Å²) < 4.78 is 5.26. The van der Waals surface area contributed by atoms with E-state index in [1.54, 1.807) is 12.0 Å². The third-order valence-corrected chi connectivity index (χ3v) is 4.65. The number of hydrogen-bond acceptors (Lipinski definition) is 3. The van der Waals surface area contributed by atoms with Gasteiger partial charge in [0.25, 0.3) is 0 Å². The van der Waals surface area contributed by atoms with E-state index in [2.05, 4.69) is 17.2 Å². The standard InChI is InChI=1S/C18H23N3O2/c1-12(13-8-9-13)21(2)18(22)19-11-14-10-17(23-3)20-16-7-5-4-6-15(14)16/h4-7,10,12-13H,8-9,11H2,1-3H3,(H,19,22)/t12-/m0/s1. The zero-order chi connectivity index (χ0) is 16.4. The molecule has 0 spiro atoms. The molecule has 5 nitrogen and oxygen atoms in total. The minimum absolute atomic E-state index is 0.0377. The molecule has 0 unspecified atom stereocenters. The Kier molecular flexibility index (Phi) is 4.37. The van der Waals surface area contributed by atoms with Crippen LogP contribution in [0.15, 0.2) is 30.3 Å². The maximum absolute atomic E-state index is 12.3. The number of amides is 2. The number of benzene rings is 1. The van der Waals surface area contributed by atoms with Crippen LogP contribution >= 0.6 is 0 Å². The Balaban J connectivity index is 1.74. The molecule has 0 saturated heterocycles. The fraction of sp³-hybridized carbons (Fsp3) is 0.444. The van der Waals surface area contributed by atoms with Gasteiger partial charge in [-0.05, 0) is 37.3 Å². The van der Waals surface area contributed by atoms with Crippen LogP contribution in [0, 0.1) is 5.92 Å². The topological polar surface area (TPSA) is 54.5 Å². The fourth-order valence-electron chi connectivity index (χ4n) is 2.85. The summed E-state index contributed by atoms with van der Waals surface area (Å²) in [5.74, 6) is 1.22. The first kappa shape index (κ1) is 15.6. The van der Waals surface area contributed by atoms with Crippen LogP contribution in [0.1, 0.15) is 25.3 Å². The Labute approximate surface area is 136 Å². The van der Waals surface area contributed by atoms with E-state index in [4.69, 9.17) is 4.74 Å². The zero-order valence-electron chi connectivity index (χ0n) is 13.9. The first-order valence-electron chi connectivity index (χ1n) is 8.03. The van der Waals surface area contributed by atoms with E-state index >= 15 is 0 Å². The molecule has 1 aliphatic rings. The van der Waals surface area contributed by atoms with Gasteiger partial charge in [0, 0.05) is 31.1 Å². The Bertz CT molecular complexity index is 712. The van der Waals surface area contributed by atoms with Crippen molar-refractivity contribution in [3.8, 4) is 5.88 Å². The number of pyridine rings is 1. The van der Waals surface area contributed by atoms with Gasteiger partial charge in [-0.3, -0.25) is 0 Å². The van der Waals surface area contributed by atoms with Crippen LogP contribution in [0.3, 0.4) is 0 Å². The van der Waals surface area contributed by atoms with Crippen molar-refractivity contribution in [2.45, 2.75) is 32.4 Å². The summed E-state index contributed by atoms with van der Waals surface area (Å²) in [6, 6.07) is 10.0. The van der Waals surface area contributed by atoms with Crippen LogP contribution in [0.4, 0.5) is 4.79 Å². The molecule has 2 amide bonds. The average Bonchev–Trinajstić information content (AvgIpc) is 3.42. The van der Waals surface area contributed by atoms with Crippen molar-refractivity contribution in [2.24, 2.45) is 5.92 Å². The van der Waals surface area contributed by atoms with E-state index in [-0.39, 0.29) is 6.03 Å². The van der Waals surface area contributed by atoms with Crippen LogP contribution in [0.25, 0.3) is 10.9 Å². The number of nitrogens with one attached hydrogen (secondary N) is 1. The molecule has 1 fully saturated rings. The van der Waals surface area contributed by atoms with Crippen molar-refractivity contribution < 1.29 is 9.53 Å². The molecule has 0 aliphatic heterocycles. The van der Waals surface area contributed by atoms with Gasteiger partial charge in [0.1, 0.15) is 0 Å². The minimum Gasteiger partial charge on any atom is -0.481 e. The predicted molar refractivity (Wildman–Crippen MR) is 90.5 cm³/mol. The van der Waals surface area contributed by atoms with Gasteiger partial charge in [0.05, 0.1) is 12.6 Å². The van der Waals surface area contributed by atoms with Gasteiger partial charge in [-0.2, -0.15) is 0 Å². The molecular formula is C18H23N3O2. The van der Waals surface area contributed by atoms with Crippen LogP contribution in [0.5, 0.6) is 5.88 Å². The Morgan fingerprint density at radius 2 is 2.17 bits per heavy atom. The van der Waals surface area contributed by atoms with Crippen LogP contribution in [0.2, 0.25) is 0 Å². The summed E-state index contributed by atoms with van der Waals surface area (Å²) in [7, 11) is 3.47. The van der Waals surface area contributed by atoms with Crippen molar-refractivity contribution in [3.63, 3.8) is 0 Å². The summed E-state index contributed by atoms with van der Waals surface area (Å²) in [6.45, 7) is 2.57. The largest absolute Gasteiger partial charge is 0.481 e. The van der Waals surface area contributed by atoms with E-state index in [0.717, 1.165) is 16.5 Å². The molecule has 23 heavy (non-hydrogen) atoms. The lowest BCUT2D eigenvalue weighted by molar-refractivity contribution is 0.187. The molecule has 2 aromatic rings.